The molecule has 0 saturated heterocycles. The largest absolute Gasteiger partial charge is 0.295 e. The van der Waals surface area contributed by atoms with E-state index in [1.165, 1.54) is 50.5 Å². The van der Waals surface area contributed by atoms with Crippen LogP contribution in [-0.4, -0.2) is 5.78 Å². The molecule has 1 nitrogen and oxygen atoms in total. The van der Waals surface area contributed by atoms with Gasteiger partial charge in [-0.05, 0) is 37.7 Å². The highest BCUT2D eigenvalue weighted by atomic mass is 16.1. The van der Waals surface area contributed by atoms with Gasteiger partial charge in [-0.1, -0.05) is 31.3 Å². The van der Waals surface area contributed by atoms with Crippen LogP contribution >= 0.6 is 0 Å². The zero-order chi connectivity index (χ0) is 9.97. The Morgan fingerprint density at radius 3 is 2.64 bits per heavy atom. The second kappa shape index (κ2) is 4.29. The number of hydrogen-bond donors (Lipinski definition) is 0. The van der Waals surface area contributed by atoms with Crippen LogP contribution in [0.15, 0.2) is 11.1 Å². The van der Waals surface area contributed by atoms with E-state index >= 15 is 0 Å². The fourth-order valence-corrected chi connectivity index (χ4v) is 2.89. The summed E-state index contributed by atoms with van der Waals surface area (Å²) in [6, 6.07) is 0. The molecule has 0 bridgehead atoms. The van der Waals surface area contributed by atoms with Crippen LogP contribution in [0.1, 0.15) is 58.3 Å². The summed E-state index contributed by atoms with van der Waals surface area (Å²) in [6.45, 7) is 2.04. The Labute approximate surface area is 86.6 Å². The zero-order valence-electron chi connectivity index (χ0n) is 9.14. The lowest BCUT2D eigenvalue weighted by atomic mass is 9.93. The van der Waals surface area contributed by atoms with Crippen LogP contribution in [0.3, 0.4) is 0 Å². The standard InChI is InChI=1S/C13H20O/c1-10-12-8-6-4-2-3-5-7-11(12)9-13(10)14/h11H,2-9H2,1H3. The Morgan fingerprint density at radius 1 is 1.07 bits per heavy atom. The van der Waals surface area contributed by atoms with E-state index in [4.69, 9.17) is 0 Å². The van der Waals surface area contributed by atoms with Crippen LogP contribution in [0.25, 0.3) is 0 Å². The lowest BCUT2D eigenvalue weighted by Gasteiger charge is -2.12. The first-order chi connectivity index (χ1) is 6.79. The van der Waals surface area contributed by atoms with Crippen molar-refractivity contribution >= 4 is 5.78 Å². The van der Waals surface area contributed by atoms with E-state index in [1.807, 2.05) is 6.92 Å². The number of hydrogen-bond acceptors (Lipinski definition) is 1. The molecule has 1 heteroatoms. The first-order valence-electron chi connectivity index (χ1n) is 6.02. The van der Waals surface area contributed by atoms with Crippen LogP contribution in [0, 0.1) is 5.92 Å². The second-order valence-electron chi connectivity index (χ2n) is 4.78. The van der Waals surface area contributed by atoms with E-state index in [2.05, 4.69) is 0 Å². The van der Waals surface area contributed by atoms with E-state index < -0.39 is 0 Å². The van der Waals surface area contributed by atoms with E-state index in [1.54, 1.807) is 0 Å². The first-order valence-corrected chi connectivity index (χ1v) is 6.02. The van der Waals surface area contributed by atoms with Gasteiger partial charge in [-0.2, -0.15) is 0 Å². The van der Waals surface area contributed by atoms with Gasteiger partial charge in [-0.25, -0.2) is 0 Å². The van der Waals surface area contributed by atoms with Crippen LogP contribution in [-0.2, 0) is 4.79 Å². The first kappa shape index (κ1) is 9.95. The summed E-state index contributed by atoms with van der Waals surface area (Å²) in [4.78, 5) is 11.6. The molecule has 0 aromatic carbocycles. The Morgan fingerprint density at radius 2 is 1.79 bits per heavy atom. The summed E-state index contributed by atoms with van der Waals surface area (Å²) in [5.41, 5.74) is 2.62. The predicted octanol–water partition coefficient (Wildman–Crippen LogP) is 3.64. The van der Waals surface area contributed by atoms with Gasteiger partial charge in [-0.15, -0.1) is 0 Å². The summed E-state index contributed by atoms with van der Waals surface area (Å²) in [7, 11) is 0. The molecule has 0 spiro atoms. The fraction of sp³-hybridized carbons (Fsp3) is 0.769. The molecule has 1 unspecified atom stereocenters. The smallest absolute Gasteiger partial charge is 0.159 e. The minimum Gasteiger partial charge on any atom is -0.295 e. The van der Waals surface area contributed by atoms with Crippen molar-refractivity contribution in [1.29, 1.82) is 0 Å². The highest BCUT2D eigenvalue weighted by molar-refractivity contribution is 5.98. The van der Waals surface area contributed by atoms with Crippen LogP contribution in [0.5, 0.6) is 0 Å². The average molecular weight is 192 g/mol. The third kappa shape index (κ3) is 1.92. The third-order valence-corrected chi connectivity index (χ3v) is 3.82. The molecule has 0 amide bonds. The molecule has 1 fully saturated rings. The molecule has 2 aliphatic rings. The van der Waals surface area contributed by atoms with Crippen molar-refractivity contribution in [2.24, 2.45) is 5.92 Å². The third-order valence-electron chi connectivity index (χ3n) is 3.82. The van der Waals surface area contributed by atoms with Crippen LogP contribution < -0.4 is 0 Å². The SMILES string of the molecule is CC1=C2CCCCCCCC2CC1=O. The topological polar surface area (TPSA) is 17.1 Å². The molecule has 1 atom stereocenters. The lowest BCUT2D eigenvalue weighted by molar-refractivity contribution is -0.115. The zero-order valence-corrected chi connectivity index (χ0v) is 9.14. The molecule has 0 heterocycles. The number of carbonyl (C=O) groups is 1. The highest BCUT2D eigenvalue weighted by Gasteiger charge is 2.28. The van der Waals surface area contributed by atoms with Gasteiger partial charge in [0.25, 0.3) is 0 Å². The molecule has 2 rings (SSSR count). The number of fused-ring (bicyclic) bond motifs is 1. The van der Waals surface area contributed by atoms with Gasteiger partial charge in [0.1, 0.15) is 0 Å². The Bertz CT molecular complexity index is 262. The van der Waals surface area contributed by atoms with Gasteiger partial charge >= 0.3 is 0 Å². The van der Waals surface area contributed by atoms with E-state index in [0.717, 1.165) is 12.0 Å². The molecular weight excluding hydrogens is 172 g/mol. The Kier molecular flexibility index (Phi) is 3.05. The number of allylic oxidation sites excluding steroid dienone is 2. The summed E-state index contributed by atoms with van der Waals surface area (Å²) in [6.07, 6.45) is 10.0. The maximum atomic E-state index is 11.6. The van der Waals surface area contributed by atoms with Crippen molar-refractivity contribution in [2.45, 2.75) is 58.3 Å². The minimum absolute atomic E-state index is 0.422. The fourth-order valence-electron chi connectivity index (χ4n) is 2.89. The average Bonchev–Trinajstić information content (AvgIpc) is 2.49. The molecule has 0 aromatic rings. The Hall–Kier alpha value is -0.590. The quantitative estimate of drug-likeness (QED) is 0.572. The van der Waals surface area contributed by atoms with Gasteiger partial charge in [0.2, 0.25) is 0 Å². The molecule has 0 radical (unpaired) electrons. The van der Waals surface area contributed by atoms with Crippen molar-refractivity contribution in [3.63, 3.8) is 0 Å². The number of ketones is 1. The molecule has 0 aromatic heterocycles. The van der Waals surface area contributed by atoms with Crippen molar-refractivity contribution in [3.05, 3.63) is 11.1 Å². The molecule has 0 aliphatic heterocycles. The number of Topliss-reactive ketones (excluding diaryl/α,β-unsaturated/α-hetero) is 1. The monoisotopic (exact) mass is 192 g/mol. The maximum absolute atomic E-state index is 11.6. The van der Waals surface area contributed by atoms with Crippen LogP contribution in [0.2, 0.25) is 0 Å². The van der Waals surface area contributed by atoms with Gasteiger partial charge in [0.05, 0.1) is 0 Å². The Balaban J connectivity index is 2.13. The molecule has 0 N–H and O–H groups in total. The normalized spacial score (nSPS) is 29.5. The summed E-state index contributed by atoms with van der Waals surface area (Å²) < 4.78 is 0. The van der Waals surface area contributed by atoms with E-state index in [0.29, 0.717) is 11.7 Å². The molecule has 1 saturated carbocycles. The van der Waals surface area contributed by atoms with Crippen molar-refractivity contribution in [1.82, 2.24) is 0 Å². The van der Waals surface area contributed by atoms with Crippen molar-refractivity contribution in [3.8, 4) is 0 Å². The van der Waals surface area contributed by atoms with Crippen molar-refractivity contribution < 1.29 is 4.79 Å². The van der Waals surface area contributed by atoms with Gasteiger partial charge in [-0.3, -0.25) is 4.79 Å². The molecule has 78 valence electrons. The van der Waals surface area contributed by atoms with Crippen LogP contribution in [0.4, 0.5) is 0 Å². The van der Waals surface area contributed by atoms with E-state index in [-0.39, 0.29) is 0 Å². The van der Waals surface area contributed by atoms with Crippen molar-refractivity contribution in [2.75, 3.05) is 0 Å². The second-order valence-corrected chi connectivity index (χ2v) is 4.78. The number of rotatable bonds is 0. The van der Waals surface area contributed by atoms with Gasteiger partial charge in [0.15, 0.2) is 5.78 Å². The van der Waals surface area contributed by atoms with Gasteiger partial charge < -0.3 is 0 Å². The summed E-state index contributed by atoms with van der Waals surface area (Å²) in [5.74, 6) is 1.05. The predicted molar refractivity (Wildman–Crippen MR) is 58.1 cm³/mol. The number of carbonyl (C=O) groups excluding carboxylic acids is 1. The van der Waals surface area contributed by atoms with E-state index in [9.17, 15) is 4.79 Å². The maximum Gasteiger partial charge on any atom is 0.159 e. The molecule has 14 heavy (non-hydrogen) atoms. The highest BCUT2D eigenvalue weighted by Crippen LogP contribution is 2.37. The molecular formula is C13H20O. The lowest BCUT2D eigenvalue weighted by Crippen LogP contribution is -2.00. The summed E-state index contributed by atoms with van der Waals surface area (Å²) in [5, 5.41) is 0. The minimum atomic E-state index is 0.422. The molecule has 2 aliphatic carbocycles. The summed E-state index contributed by atoms with van der Waals surface area (Å²) >= 11 is 0. The van der Waals surface area contributed by atoms with Gasteiger partial charge in [0, 0.05) is 6.42 Å².